The second kappa shape index (κ2) is 6.87. The fourth-order valence-corrected chi connectivity index (χ4v) is 2.50. The van der Waals surface area contributed by atoms with E-state index in [1.165, 1.54) is 4.90 Å². The maximum absolute atomic E-state index is 12.7. The number of amides is 2. The first-order valence-electron chi connectivity index (χ1n) is 7.23. The number of nitrogens with zero attached hydrogens (tertiary/aromatic N) is 3. The lowest BCUT2D eigenvalue weighted by molar-refractivity contribution is -0.121. The summed E-state index contributed by atoms with van der Waals surface area (Å²) >= 11 is 1.10. The SMILES string of the molecule is Cc1cccc(N(CC(=O)NC(C)(C)C)C(=O)c2csnn2)c1. The number of carbonyl (C=O) groups is 2. The normalized spacial score (nSPS) is 11.1. The summed E-state index contributed by atoms with van der Waals surface area (Å²) in [5.41, 5.74) is 1.54. The summed E-state index contributed by atoms with van der Waals surface area (Å²) in [5.74, 6) is -0.566. The van der Waals surface area contributed by atoms with E-state index in [1.54, 1.807) is 11.4 Å². The second-order valence-corrected chi connectivity index (χ2v) is 6.93. The van der Waals surface area contributed by atoms with Crippen LogP contribution >= 0.6 is 11.5 Å². The van der Waals surface area contributed by atoms with E-state index >= 15 is 0 Å². The number of hydrogen-bond donors (Lipinski definition) is 1. The van der Waals surface area contributed by atoms with E-state index in [9.17, 15) is 9.59 Å². The van der Waals surface area contributed by atoms with Gasteiger partial charge in [-0.25, -0.2) is 0 Å². The van der Waals surface area contributed by atoms with Gasteiger partial charge in [0.1, 0.15) is 6.54 Å². The van der Waals surface area contributed by atoms with Gasteiger partial charge in [0.15, 0.2) is 5.69 Å². The Labute approximate surface area is 139 Å². The zero-order valence-corrected chi connectivity index (χ0v) is 14.5. The third-order valence-corrected chi connectivity index (χ3v) is 3.46. The van der Waals surface area contributed by atoms with Crippen LogP contribution in [-0.4, -0.2) is 33.5 Å². The standard InChI is InChI=1S/C16H20N4O2S/c1-11-6-5-7-12(8-11)20(9-14(21)17-16(2,3)4)15(22)13-10-23-19-18-13/h5-8,10H,9H2,1-4H3,(H,17,21). The smallest absolute Gasteiger partial charge is 0.280 e. The van der Waals surface area contributed by atoms with Crippen LogP contribution in [0.3, 0.4) is 0 Å². The molecule has 0 aliphatic heterocycles. The molecule has 2 amide bonds. The highest BCUT2D eigenvalue weighted by Gasteiger charge is 2.24. The highest BCUT2D eigenvalue weighted by atomic mass is 32.1. The summed E-state index contributed by atoms with van der Waals surface area (Å²) in [6, 6.07) is 7.45. The average molecular weight is 332 g/mol. The van der Waals surface area contributed by atoms with Crippen molar-refractivity contribution in [3.05, 3.63) is 40.9 Å². The molecule has 0 aliphatic rings. The third-order valence-electron chi connectivity index (χ3n) is 2.95. The van der Waals surface area contributed by atoms with Gasteiger partial charge < -0.3 is 5.32 Å². The summed E-state index contributed by atoms with van der Waals surface area (Å²) in [4.78, 5) is 26.4. The molecule has 1 N–H and O–H groups in total. The van der Waals surface area contributed by atoms with Gasteiger partial charge in [-0.1, -0.05) is 16.6 Å². The van der Waals surface area contributed by atoms with Crippen molar-refractivity contribution in [2.75, 3.05) is 11.4 Å². The second-order valence-electron chi connectivity index (χ2n) is 6.32. The van der Waals surface area contributed by atoms with Gasteiger partial charge >= 0.3 is 0 Å². The van der Waals surface area contributed by atoms with Gasteiger partial charge in [-0.2, -0.15) is 0 Å². The molecule has 1 aromatic heterocycles. The molecule has 0 unspecified atom stereocenters. The molecule has 122 valence electrons. The first kappa shape index (κ1) is 17.1. The molecule has 0 bridgehead atoms. The van der Waals surface area contributed by atoms with Crippen LogP contribution in [0.2, 0.25) is 0 Å². The minimum atomic E-state index is -0.361. The van der Waals surface area contributed by atoms with Crippen LogP contribution in [0.25, 0.3) is 0 Å². The van der Waals surface area contributed by atoms with E-state index < -0.39 is 0 Å². The van der Waals surface area contributed by atoms with E-state index in [0.717, 1.165) is 17.1 Å². The number of aromatic nitrogens is 2. The Morgan fingerprint density at radius 2 is 2.04 bits per heavy atom. The van der Waals surface area contributed by atoms with Gasteiger partial charge in [0.05, 0.1) is 0 Å². The monoisotopic (exact) mass is 332 g/mol. The molecule has 0 radical (unpaired) electrons. The molecule has 0 saturated carbocycles. The van der Waals surface area contributed by atoms with E-state index in [1.807, 2.05) is 45.9 Å². The van der Waals surface area contributed by atoms with Gasteiger partial charge in [0.25, 0.3) is 5.91 Å². The first-order valence-corrected chi connectivity index (χ1v) is 8.06. The average Bonchev–Trinajstić information content (AvgIpc) is 2.96. The van der Waals surface area contributed by atoms with Crippen molar-refractivity contribution in [2.24, 2.45) is 0 Å². The molecule has 2 rings (SSSR count). The predicted molar refractivity (Wildman–Crippen MR) is 90.7 cm³/mol. The van der Waals surface area contributed by atoms with Crippen molar-refractivity contribution in [1.82, 2.24) is 14.9 Å². The van der Waals surface area contributed by atoms with Crippen LogP contribution < -0.4 is 10.2 Å². The number of nitrogens with one attached hydrogen (secondary N) is 1. The molecular formula is C16H20N4O2S. The van der Waals surface area contributed by atoms with Crippen LogP contribution in [0.1, 0.15) is 36.8 Å². The molecular weight excluding hydrogens is 312 g/mol. The number of benzene rings is 1. The fraction of sp³-hybridized carbons (Fsp3) is 0.375. The molecule has 7 heteroatoms. The summed E-state index contributed by atoms with van der Waals surface area (Å²) < 4.78 is 3.72. The molecule has 2 aromatic rings. The van der Waals surface area contributed by atoms with E-state index in [4.69, 9.17) is 0 Å². The Morgan fingerprint density at radius 3 is 2.61 bits per heavy atom. The van der Waals surface area contributed by atoms with Gasteiger partial charge in [0.2, 0.25) is 5.91 Å². The topological polar surface area (TPSA) is 75.2 Å². The minimum Gasteiger partial charge on any atom is -0.350 e. The van der Waals surface area contributed by atoms with Crippen LogP contribution in [0.15, 0.2) is 29.6 Å². The number of carbonyl (C=O) groups excluding carboxylic acids is 2. The third kappa shape index (κ3) is 4.85. The van der Waals surface area contributed by atoms with E-state index in [-0.39, 0.29) is 29.6 Å². The zero-order valence-electron chi connectivity index (χ0n) is 13.7. The van der Waals surface area contributed by atoms with Crippen molar-refractivity contribution < 1.29 is 9.59 Å². The summed E-state index contributed by atoms with van der Waals surface area (Å²) in [6.45, 7) is 7.55. The Hall–Kier alpha value is -2.28. The highest BCUT2D eigenvalue weighted by Crippen LogP contribution is 2.18. The van der Waals surface area contributed by atoms with Crippen molar-refractivity contribution in [3.8, 4) is 0 Å². The van der Waals surface area contributed by atoms with Gasteiger partial charge in [-0.3, -0.25) is 14.5 Å². The highest BCUT2D eigenvalue weighted by molar-refractivity contribution is 7.03. The number of rotatable bonds is 4. The Bertz CT molecular complexity index is 692. The lowest BCUT2D eigenvalue weighted by Crippen LogP contribution is -2.47. The first-order chi connectivity index (χ1) is 10.8. The Morgan fingerprint density at radius 1 is 1.30 bits per heavy atom. The van der Waals surface area contributed by atoms with Gasteiger partial charge in [-0.15, -0.1) is 5.10 Å². The lowest BCUT2D eigenvalue weighted by atomic mass is 10.1. The van der Waals surface area contributed by atoms with Crippen molar-refractivity contribution in [1.29, 1.82) is 0 Å². The zero-order chi connectivity index (χ0) is 17.0. The quantitative estimate of drug-likeness (QED) is 0.933. The maximum atomic E-state index is 12.7. The van der Waals surface area contributed by atoms with E-state index in [2.05, 4.69) is 14.9 Å². The van der Waals surface area contributed by atoms with E-state index in [0.29, 0.717) is 5.69 Å². The molecule has 0 atom stereocenters. The molecule has 0 fully saturated rings. The largest absolute Gasteiger partial charge is 0.350 e. The molecule has 0 aliphatic carbocycles. The Balaban J connectivity index is 2.28. The van der Waals surface area contributed by atoms with Crippen molar-refractivity contribution in [2.45, 2.75) is 33.2 Å². The molecule has 1 aromatic carbocycles. The predicted octanol–water partition coefficient (Wildman–Crippen LogP) is 2.41. The minimum absolute atomic E-state index is 0.0723. The van der Waals surface area contributed by atoms with Crippen LogP contribution in [-0.2, 0) is 4.79 Å². The number of anilines is 1. The Kier molecular flexibility index (Phi) is 5.10. The molecule has 6 nitrogen and oxygen atoms in total. The van der Waals surface area contributed by atoms with Crippen molar-refractivity contribution >= 4 is 29.0 Å². The van der Waals surface area contributed by atoms with Crippen molar-refractivity contribution in [3.63, 3.8) is 0 Å². The number of aryl methyl sites for hydroxylation is 1. The molecule has 23 heavy (non-hydrogen) atoms. The lowest BCUT2D eigenvalue weighted by Gasteiger charge is -2.25. The molecule has 1 heterocycles. The maximum Gasteiger partial charge on any atom is 0.280 e. The van der Waals surface area contributed by atoms with Gasteiger partial charge in [0, 0.05) is 16.6 Å². The fourth-order valence-electron chi connectivity index (χ4n) is 2.07. The van der Waals surface area contributed by atoms with Gasteiger partial charge in [-0.05, 0) is 56.9 Å². The summed E-state index contributed by atoms with van der Waals surface area (Å²) in [7, 11) is 0. The molecule has 0 saturated heterocycles. The van der Waals surface area contributed by atoms with Crippen LogP contribution in [0.4, 0.5) is 5.69 Å². The molecule has 0 spiro atoms. The summed E-state index contributed by atoms with van der Waals surface area (Å²) in [5, 5.41) is 8.26. The number of hydrogen-bond acceptors (Lipinski definition) is 5. The van der Waals surface area contributed by atoms with Crippen LogP contribution in [0.5, 0.6) is 0 Å². The van der Waals surface area contributed by atoms with Crippen LogP contribution in [0, 0.1) is 6.92 Å². The summed E-state index contributed by atoms with van der Waals surface area (Å²) in [6.07, 6.45) is 0.